The monoisotopic (exact) mass is 284 g/mol. The lowest BCUT2D eigenvalue weighted by Crippen LogP contribution is -2.62. The Hall–Kier alpha value is -1.12. The van der Waals surface area contributed by atoms with Gasteiger partial charge in [0.1, 0.15) is 0 Å². The summed E-state index contributed by atoms with van der Waals surface area (Å²) in [5.74, 6) is 0. The van der Waals surface area contributed by atoms with E-state index in [0.717, 1.165) is 18.6 Å². The molecule has 1 unspecified atom stereocenters. The van der Waals surface area contributed by atoms with Crippen LogP contribution in [0.3, 0.4) is 0 Å². The average Bonchev–Trinajstić information content (AvgIpc) is 2.45. The molecule has 0 aliphatic carbocycles. The molecule has 0 bridgehead atoms. The van der Waals surface area contributed by atoms with Crippen molar-refractivity contribution in [2.45, 2.75) is 45.2 Å². The third-order valence-corrected chi connectivity index (χ3v) is 4.95. The second-order valence-corrected chi connectivity index (χ2v) is 6.83. The molecule has 1 atom stereocenters. The summed E-state index contributed by atoms with van der Waals surface area (Å²) < 4.78 is 0. The van der Waals surface area contributed by atoms with Gasteiger partial charge in [0.2, 0.25) is 0 Å². The summed E-state index contributed by atoms with van der Waals surface area (Å²) >= 11 is 0. The van der Waals surface area contributed by atoms with Crippen molar-refractivity contribution in [3.8, 4) is 0 Å². The lowest BCUT2D eigenvalue weighted by Gasteiger charge is -2.49. The van der Waals surface area contributed by atoms with Crippen LogP contribution >= 0.6 is 0 Å². The fourth-order valence-electron chi connectivity index (χ4n) is 3.78. The maximum Gasteiger partial charge on any atom is 0.0353 e. The first-order valence-electron chi connectivity index (χ1n) is 8.42. The second-order valence-electron chi connectivity index (χ2n) is 6.83. The minimum Gasteiger partial charge on any atom is -0.296 e. The van der Waals surface area contributed by atoms with Gasteiger partial charge in [0, 0.05) is 31.7 Å². The van der Waals surface area contributed by atoms with E-state index in [9.17, 15) is 0 Å². The summed E-state index contributed by atoms with van der Waals surface area (Å²) in [6, 6.07) is 12.3. The van der Waals surface area contributed by atoms with Crippen molar-refractivity contribution in [3.05, 3.63) is 41.5 Å². The van der Waals surface area contributed by atoms with Crippen molar-refractivity contribution in [1.29, 1.82) is 0 Å². The molecule has 2 fully saturated rings. The standard InChI is InChI=1S/C19H28N2/c1-16(12-18-9-4-3-5-10-18)13-20-14-19(15-20)21-11-7-6-8-17(21)2/h3-5,9-10,12,17,19H,6-8,11,13-15H2,1-2H3/b16-12+. The number of hydrogen-bond acceptors (Lipinski definition) is 2. The van der Waals surface area contributed by atoms with Crippen LogP contribution in [0, 0.1) is 0 Å². The van der Waals surface area contributed by atoms with E-state index >= 15 is 0 Å². The van der Waals surface area contributed by atoms with E-state index in [0.29, 0.717) is 0 Å². The van der Waals surface area contributed by atoms with Gasteiger partial charge < -0.3 is 0 Å². The first kappa shape index (κ1) is 14.8. The first-order valence-corrected chi connectivity index (χ1v) is 8.42. The molecule has 1 aromatic rings. The Labute approximate surface area is 129 Å². The van der Waals surface area contributed by atoms with E-state index in [-0.39, 0.29) is 0 Å². The van der Waals surface area contributed by atoms with Crippen molar-refractivity contribution in [3.63, 3.8) is 0 Å². The Kier molecular flexibility index (Phi) is 4.77. The van der Waals surface area contributed by atoms with Crippen LogP contribution < -0.4 is 0 Å². The Morgan fingerprint density at radius 1 is 1.19 bits per heavy atom. The molecule has 2 aliphatic heterocycles. The van der Waals surface area contributed by atoms with Crippen molar-refractivity contribution in [1.82, 2.24) is 9.80 Å². The fourth-order valence-corrected chi connectivity index (χ4v) is 3.78. The number of rotatable bonds is 4. The van der Waals surface area contributed by atoms with Gasteiger partial charge in [-0.3, -0.25) is 9.80 Å². The topological polar surface area (TPSA) is 6.48 Å². The van der Waals surface area contributed by atoms with Gasteiger partial charge in [-0.05, 0) is 38.8 Å². The highest BCUT2D eigenvalue weighted by atomic mass is 15.3. The molecule has 3 rings (SSSR count). The zero-order chi connectivity index (χ0) is 14.7. The smallest absolute Gasteiger partial charge is 0.0353 e. The normalized spacial score (nSPS) is 25.8. The molecule has 114 valence electrons. The van der Waals surface area contributed by atoms with Crippen LogP contribution in [-0.2, 0) is 0 Å². The molecule has 0 radical (unpaired) electrons. The number of piperidine rings is 1. The summed E-state index contributed by atoms with van der Waals surface area (Å²) in [4.78, 5) is 5.33. The van der Waals surface area contributed by atoms with Crippen LogP contribution in [0.1, 0.15) is 38.7 Å². The van der Waals surface area contributed by atoms with E-state index in [2.05, 4.69) is 60.1 Å². The molecule has 0 amide bonds. The molecule has 2 nitrogen and oxygen atoms in total. The Bertz CT molecular complexity index is 474. The molecular formula is C19H28N2. The summed E-state index contributed by atoms with van der Waals surface area (Å²) in [7, 11) is 0. The maximum atomic E-state index is 2.75. The molecule has 21 heavy (non-hydrogen) atoms. The average molecular weight is 284 g/mol. The predicted molar refractivity (Wildman–Crippen MR) is 90.3 cm³/mol. The van der Waals surface area contributed by atoms with Gasteiger partial charge in [0.25, 0.3) is 0 Å². The minimum atomic E-state index is 0.798. The summed E-state index contributed by atoms with van der Waals surface area (Å²) in [5, 5.41) is 0. The fraction of sp³-hybridized carbons (Fsp3) is 0.579. The lowest BCUT2D eigenvalue weighted by molar-refractivity contribution is 0.00260. The Balaban J connectivity index is 1.47. The van der Waals surface area contributed by atoms with Crippen LogP contribution in [0.15, 0.2) is 35.9 Å². The Morgan fingerprint density at radius 2 is 1.95 bits per heavy atom. The molecule has 2 heteroatoms. The van der Waals surface area contributed by atoms with Crippen LogP contribution in [0.4, 0.5) is 0 Å². The molecule has 2 saturated heterocycles. The molecule has 0 N–H and O–H groups in total. The van der Waals surface area contributed by atoms with Crippen molar-refractivity contribution < 1.29 is 0 Å². The second kappa shape index (κ2) is 6.76. The SMILES string of the molecule is C/C(=C\c1ccccc1)CN1CC(N2CCCCC2C)C1. The van der Waals surface area contributed by atoms with Crippen molar-refractivity contribution in [2.24, 2.45) is 0 Å². The molecule has 0 aromatic heterocycles. The molecule has 1 aromatic carbocycles. The third kappa shape index (κ3) is 3.75. The van der Waals surface area contributed by atoms with Crippen molar-refractivity contribution >= 4 is 6.08 Å². The highest BCUT2D eigenvalue weighted by Crippen LogP contribution is 2.25. The zero-order valence-electron chi connectivity index (χ0n) is 13.5. The van der Waals surface area contributed by atoms with Crippen LogP contribution in [0.5, 0.6) is 0 Å². The molecule has 2 aliphatic rings. The number of likely N-dealkylation sites (tertiary alicyclic amines) is 2. The predicted octanol–water partition coefficient (Wildman–Crippen LogP) is 3.65. The quantitative estimate of drug-likeness (QED) is 0.833. The van der Waals surface area contributed by atoms with Crippen LogP contribution in [0.2, 0.25) is 0 Å². The summed E-state index contributed by atoms with van der Waals surface area (Å²) in [6.07, 6.45) is 6.53. The van der Waals surface area contributed by atoms with E-state index in [1.54, 1.807) is 0 Å². The van der Waals surface area contributed by atoms with Gasteiger partial charge in [-0.1, -0.05) is 48.4 Å². The number of benzene rings is 1. The summed E-state index contributed by atoms with van der Waals surface area (Å²) in [5.41, 5.74) is 2.78. The molecule has 0 saturated carbocycles. The lowest BCUT2D eigenvalue weighted by atomic mass is 9.97. The number of hydrogen-bond donors (Lipinski definition) is 0. The van der Waals surface area contributed by atoms with Gasteiger partial charge in [-0.2, -0.15) is 0 Å². The van der Waals surface area contributed by atoms with Gasteiger partial charge in [0.05, 0.1) is 0 Å². The first-order chi connectivity index (χ1) is 10.2. The van der Waals surface area contributed by atoms with E-state index in [1.807, 2.05) is 0 Å². The van der Waals surface area contributed by atoms with Gasteiger partial charge in [0.15, 0.2) is 0 Å². The van der Waals surface area contributed by atoms with E-state index in [4.69, 9.17) is 0 Å². The van der Waals surface area contributed by atoms with Crippen LogP contribution in [0.25, 0.3) is 6.08 Å². The van der Waals surface area contributed by atoms with E-state index < -0.39 is 0 Å². The maximum absolute atomic E-state index is 2.75. The van der Waals surface area contributed by atoms with Gasteiger partial charge >= 0.3 is 0 Å². The van der Waals surface area contributed by atoms with Crippen molar-refractivity contribution in [2.75, 3.05) is 26.2 Å². The molecular weight excluding hydrogens is 256 g/mol. The summed E-state index contributed by atoms with van der Waals surface area (Å²) in [6.45, 7) is 9.60. The zero-order valence-corrected chi connectivity index (χ0v) is 13.5. The van der Waals surface area contributed by atoms with E-state index in [1.165, 1.54) is 50.0 Å². The molecule has 0 spiro atoms. The van der Waals surface area contributed by atoms with Crippen LogP contribution in [-0.4, -0.2) is 48.1 Å². The Morgan fingerprint density at radius 3 is 2.67 bits per heavy atom. The third-order valence-electron chi connectivity index (χ3n) is 4.95. The molecule has 2 heterocycles. The largest absolute Gasteiger partial charge is 0.296 e. The van der Waals surface area contributed by atoms with Gasteiger partial charge in [-0.25, -0.2) is 0 Å². The van der Waals surface area contributed by atoms with Gasteiger partial charge in [-0.15, -0.1) is 0 Å². The highest BCUT2D eigenvalue weighted by Gasteiger charge is 2.34. The highest BCUT2D eigenvalue weighted by molar-refractivity contribution is 5.52. The number of nitrogens with zero attached hydrogens (tertiary/aromatic N) is 2. The minimum absolute atomic E-state index is 0.798.